The Kier molecular flexibility index (Phi) is 7.81. The predicted molar refractivity (Wildman–Crippen MR) is 112 cm³/mol. The molecule has 2 aliphatic heterocycles. The standard InChI is InChI=1S/C22H36N4O/c1-3-23-22(24-17-19(2)18-25-13-7-8-14-25)26-15-11-21(12-16-26)27-20-9-5-4-6-10-20/h4-6,9-10,19,21H,3,7-8,11-18H2,1-2H3,(H,23,24). The number of nitrogens with zero attached hydrogens (tertiary/aromatic N) is 3. The summed E-state index contributed by atoms with van der Waals surface area (Å²) in [5.41, 5.74) is 0. The number of aliphatic imine (C=N–C) groups is 1. The second-order valence-corrected chi connectivity index (χ2v) is 7.92. The fourth-order valence-corrected chi connectivity index (χ4v) is 4.01. The lowest BCUT2D eigenvalue weighted by molar-refractivity contribution is 0.129. The van der Waals surface area contributed by atoms with Crippen LogP contribution in [0.2, 0.25) is 0 Å². The Labute approximate surface area is 164 Å². The van der Waals surface area contributed by atoms with Gasteiger partial charge in [-0.15, -0.1) is 0 Å². The Morgan fingerprint density at radius 2 is 1.85 bits per heavy atom. The van der Waals surface area contributed by atoms with Crippen molar-refractivity contribution in [2.75, 3.05) is 45.8 Å². The van der Waals surface area contributed by atoms with Crippen LogP contribution in [-0.2, 0) is 0 Å². The van der Waals surface area contributed by atoms with Gasteiger partial charge in [-0.25, -0.2) is 0 Å². The van der Waals surface area contributed by atoms with Gasteiger partial charge in [0.15, 0.2) is 5.96 Å². The van der Waals surface area contributed by atoms with Gasteiger partial charge in [-0.05, 0) is 50.9 Å². The van der Waals surface area contributed by atoms with Gasteiger partial charge in [-0.2, -0.15) is 0 Å². The summed E-state index contributed by atoms with van der Waals surface area (Å²) in [4.78, 5) is 9.93. The lowest BCUT2D eigenvalue weighted by Gasteiger charge is -2.34. The summed E-state index contributed by atoms with van der Waals surface area (Å²) in [5.74, 6) is 2.66. The Morgan fingerprint density at radius 1 is 1.15 bits per heavy atom. The third-order valence-corrected chi connectivity index (χ3v) is 5.44. The Balaban J connectivity index is 1.46. The second-order valence-electron chi connectivity index (χ2n) is 7.92. The van der Waals surface area contributed by atoms with E-state index in [4.69, 9.17) is 9.73 Å². The zero-order chi connectivity index (χ0) is 18.9. The number of hydrogen-bond donors (Lipinski definition) is 1. The molecule has 2 aliphatic rings. The Morgan fingerprint density at radius 3 is 2.52 bits per heavy atom. The molecule has 5 heteroatoms. The molecule has 0 radical (unpaired) electrons. The summed E-state index contributed by atoms with van der Waals surface area (Å²) >= 11 is 0. The summed E-state index contributed by atoms with van der Waals surface area (Å²) in [6.45, 7) is 12.0. The smallest absolute Gasteiger partial charge is 0.193 e. The van der Waals surface area contributed by atoms with Crippen molar-refractivity contribution in [1.29, 1.82) is 0 Å². The average Bonchev–Trinajstić information content (AvgIpc) is 3.20. The van der Waals surface area contributed by atoms with Crippen LogP contribution < -0.4 is 10.1 Å². The molecule has 0 aromatic heterocycles. The molecule has 0 aliphatic carbocycles. The quantitative estimate of drug-likeness (QED) is 0.589. The van der Waals surface area contributed by atoms with Crippen LogP contribution >= 0.6 is 0 Å². The van der Waals surface area contributed by atoms with Gasteiger partial charge in [-0.1, -0.05) is 25.1 Å². The van der Waals surface area contributed by atoms with Gasteiger partial charge < -0.3 is 19.9 Å². The number of para-hydroxylation sites is 1. The first-order chi connectivity index (χ1) is 13.2. The van der Waals surface area contributed by atoms with E-state index >= 15 is 0 Å². The number of hydrogen-bond acceptors (Lipinski definition) is 3. The van der Waals surface area contributed by atoms with E-state index in [-0.39, 0.29) is 0 Å². The molecule has 0 spiro atoms. The van der Waals surface area contributed by atoms with Crippen molar-refractivity contribution in [1.82, 2.24) is 15.1 Å². The molecule has 27 heavy (non-hydrogen) atoms. The zero-order valence-corrected chi connectivity index (χ0v) is 17.1. The molecule has 2 fully saturated rings. The Hall–Kier alpha value is -1.75. The van der Waals surface area contributed by atoms with Gasteiger partial charge in [-0.3, -0.25) is 4.99 Å². The molecule has 2 heterocycles. The first kappa shape index (κ1) is 20.0. The van der Waals surface area contributed by atoms with Crippen molar-refractivity contribution >= 4 is 5.96 Å². The van der Waals surface area contributed by atoms with Crippen LogP contribution in [0.3, 0.4) is 0 Å². The number of ether oxygens (including phenoxy) is 1. The molecule has 0 bridgehead atoms. The van der Waals surface area contributed by atoms with Gasteiger partial charge >= 0.3 is 0 Å². The minimum Gasteiger partial charge on any atom is -0.490 e. The van der Waals surface area contributed by atoms with Gasteiger partial charge in [0.05, 0.1) is 0 Å². The van der Waals surface area contributed by atoms with Crippen molar-refractivity contribution in [2.45, 2.75) is 45.6 Å². The topological polar surface area (TPSA) is 40.1 Å². The van der Waals surface area contributed by atoms with Crippen LogP contribution in [0.15, 0.2) is 35.3 Å². The number of guanidine groups is 1. The van der Waals surface area contributed by atoms with Crippen LogP contribution in [0, 0.1) is 5.92 Å². The van der Waals surface area contributed by atoms with E-state index in [2.05, 4.69) is 29.0 Å². The highest BCUT2D eigenvalue weighted by atomic mass is 16.5. The fraction of sp³-hybridized carbons (Fsp3) is 0.682. The summed E-state index contributed by atoms with van der Waals surface area (Å²) in [7, 11) is 0. The van der Waals surface area contributed by atoms with Crippen LogP contribution in [0.1, 0.15) is 39.5 Å². The summed E-state index contributed by atoms with van der Waals surface area (Å²) in [6, 6.07) is 10.2. The molecular formula is C22H36N4O. The molecule has 2 saturated heterocycles. The summed E-state index contributed by atoms with van der Waals surface area (Å²) in [5, 5.41) is 3.49. The van der Waals surface area contributed by atoms with Gasteiger partial charge in [0.1, 0.15) is 11.9 Å². The highest BCUT2D eigenvalue weighted by Gasteiger charge is 2.23. The normalized spacial score (nSPS) is 20.7. The monoisotopic (exact) mass is 372 g/mol. The van der Waals surface area contributed by atoms with Gasteiger partial charge in [0.25, 0.3) is 0 Å². The maximum atomic E-state index is 6.12. The summed E-state index contributed by atoms with van der Waals surface area (Å²) in [6.07, 6.45) is 5.11. The minimum absolute atomic E-state index is 0.306. The fourth-order valence-electron chi connectivity index (χ4n) is 4.01. The van der Waals surface area contributed by atoms with Crippen molar-refractivity contribution in [2.24, 2.45) is 10.9 Å². The van der Waals surface area contributed by atoms with E-state index in [0.29, 0.717) is 12.0 Å². The van der Waals surface area contributed by atoms with E-state index in [1.807, 2.05) is 30.3 Å². The SMILES string of the molecule is CCNC(=NCC(C)CN1CCCC1)N1CCC(Oc2ccccc2)CC1. The minimum atomic E-state index is 0.306. The predicted octanol–water partition coefficient (Wildman–Crippen LogP) is 3.23. The molecule has 1 aromatic carbocycles. The van der Waals surface area contributed by atoms with E-state index < -0.39 is 0 Å². The molecule has 1 atom stereocenters. The third kappa shape index (κ3) is 6.42. The summed E-state index contributed by atoms with van der Waals surface area (Å²) < 4.78 is 6.12. The van der Waals surface area contributed by atoms with Gasteiger partial charge in [0, 0.05) is 45.6 Å². The van der Waals surface area contributed by atoms with Crippen molar-refractivity contribution in [3.05, 3.63) is 30.3 Å². The highest BCUT2D eigenvalue weighted by Crippen LogP contribution is 2.19. The zero-order valence-electron chi connectivity index (χ0n) is 17.1. The molecular weight excluding hydrogens is 336 g/mol. The van der Waals surface area contributed by atoms with E-state index in [1.165, 1.54) is 32.5 Å². The lowest BCUT2D eigenvalue weighted by Crippen LogP contribution is -2.47. The molecule has 0 amide bonds. The van der Waals surface area contributed by atoms with Gasteiger partial charge in [0.2, 0.25) is 0 Å². The highest BCUT2D eigenvalue weighted by molar-refractivity contribution is 5.80. The van der Waals surface area contributed by atoms with Crippen LogP contribution in [0.25, 0.3) is 0 Å². The Bertz CT molecular complexity index is 563. The van der Waals surface area contributed by atoms with Crippen molar-refractivity contribution in [3.8, 4) is 5.75 Å². The first-order valence-corrected chi connectivity index (χ1v) is 10.7. The molecule has 3 rings (SSSR count). The van der Waals surface area contributed by atoms with E-state index in [1.54, 1.807) is 0 Å². The third-order valence-electron chi connectivity index (χ3n) is 5.44. The van der Waals surface area contributed by atoms with Crippen molar-refractivity contribution in [3.63, 3.8) is 0 Å². The number of piperidine rings is 1. The van der Waals surface area contributed by atoms with Crippen LogP contribution in [0.4, 0.5) is 0 Å². The second kappa shape index (κ2) is 10.5. The number of nitrogens with one attached hydrogen (secondary N) is 1. The first-order valence-electron chi connectivity index (χ1n) is 10.7. The molecule has 150 valence electrons. The number of benzene rings is 1. The van der Waals surface area contributed by atoms with Crippen LogP contribution in [0.5, 0.6) is 5.75 Å². The molecule has 0 saturated carbocycles. The molecule has 1 aromatic rings. The number of rotatable bonds is 7. The number of likely N-dealkylation sites (tertiary alicyclic amines) is 2. The molecule has 5 nitrogen and oxygen atoms in total. The maximum Gasteiger partial charge on any atom is 0.193 e. The van der Waals surface area contributed by atoms with E-state index in [9.17, 15) is 0 Å². The largest absolute Gasteiger partial charge is 0.490 e. The molecule has 1 N–H and O–H groups in total. The lowest BCUT2D eigenvalue weighted by atomic mass is 10.1. The van der Waals surface area contributed by atoms with Crippen LogP contribution in [-0.4, -0.2) is 67.7 Å². The maximum absolute atomic E-state index is 6.12. The molecule has 1 unspecified atom stereocenters. The van der Waals surface area contributed by atoms with Crippen molar-refractivity contribution < 1.29 is 4.74 Å². The van der Waals surface area contributed by atoms with E-state index in [0.717, 1.165) is 50.7 Å². The average molecular weight is 373 g/mol.